The average Bonchev–Trinajstić information content (AvgIpc) is 2.70. The lowest BCUT2D eigenvalue weighted by Gasteiger charge is -2.06. The first-order valence-corrected chi connectivity index (χ1v) is 9.31. The zero-order chi connectivity index (χ0) is 18.9. The zero-order valence-corrected chi connectivity index (χ0v) is 16.2. The quantitative estimate of drug-likeness (QED) is 0.442. The molecule has 5 heteroatoms. The van der Waals surface area contributed by atoms with Gasteiger partial charge in [0.05, 0.1) is 12.6 Å². The summed E-state index contributed by atoms with van der Waals surface area (Å²) in [7, 11) is 0. The molecule has 0 aliphatic heterocycles. The topological polar surface area (TPSA) is 50.7 Å². The highest BCUT2D eigenvalue weighted by Gasteiger charge is 2.02. The van der Waals surface area contributed by atoms with Gasteiger partial charge in [0.25, 0.3) is 0 Å². The number of benzene rings is 3. The van der Waals surface area contributed by atoms with Crippen LogP contribution >= 0.6 is 15.9 Å². The molecule has 0 unspecified atom stereocenters. The molecule has 136 valence electrons. The van der Waals surface area contributed by atoms with Gasteiger partial charge in [0.15, 0.2) is 0 Å². The van der Waals surface area contributed by atoms with Crippen molar-refractivity contribution >= 4 is 28.1 Å². The van der Waals surface area contributed by atoms with E-state index in [4.69, 9.17) is 4.74 Å². The van der Waals surface area contributed by atoms with Gasteiger partial charge in [-0.25, -0.2) is 5.43 Å². The van der Waals surface area contributed by atoms with Gasteiger partial charge in [-0.1, -0.05) is 58.4 Å². The van der Waals surface area contributed by atoms with Crippen molar-refractivity contribution in [2.75, 3.05) is 0 Å². The number of nitrogens with one attached hydrogen (secondary N) is 1. The SMILES string of the molecule is O=C(Cc1ccc(Br)cc1)N/N=C/c1ccc(OCc2ccccc2)cc1. The van der Waals surface area contributed by atoms with Gasteiger partial charge in [-0.2, -0.15) is 5.10 Å². The van der Waals surface area contributed by atoms with Crippen molar-refractivity contribution in [2.45, 2.75) is 13.0 Å². The molecular formula is C22H19BrN2O2. The number of hydrazone groups is 1. The first kappa shape index (κ1) is 18.9. The van der Waals surface area contributed by atoms with Gasteiger partial charge < -0.3 is 4.74 Å². The van der Waals surface area contributed by atoms with Crippen LogP contribution in [0.2, 0.25) is 0 Å². The van der Waals surface area contributed by atoms with Crippen LogP contribution in [-0.2, 0) is 17.8 Å². The number of halogens is 1. The number of carbonyl (C=O) groups is 1. The average molecular weight is 423 g/mol. The first-order chi connectivity index (χ1) is 13.2. The molecule has 3 aromatic carbocycles. The van der Waals surface area contributed by atoms with E-state index in [1.54, 1.807) is 6.21 Å². The smallest absolute Gasteiger partial charge is 0.244 e. The third-order valence-corrected chi connectivity index (χ3v) is 4.34. The Kier molecular flexibility index (Phi) is 6.77. The van der Waals surface area contributed by atoms with Crippen LogP contribution < -0.4 is 10.2 Å². The monoisotopic (exact) mass is 422 g/mol. The molecule has 3 aromatic rings. The molecular weight excluding hydrogens is 404 g/mol. The maximum Gasteiger partial charge on any atom is 0.244 e. The zero-order valence-electron chi connectivity index (χ0n) is 14.6. The summed E-state index contributed by atoms with van der Waals surface area (Å²) in [5, 5.41) is 4.00. The number of hydrogen-bond acceptors (Lipinski definition) is 3. The largest absolute Gasteiger partial charge is 0.489 e. The molecule has 0 fully saturated rings. The molecule has 4 nitrogen and oxygen atoms in total. The number of ether oxygens (including phenoxy) is 1. The molecule has 0 aliphatic rings. The van der Waals surface area contributed by atoms with Crippen LogP contribution in [0.4, 0.5) is 0 Å². The summed E-state index contributed by atoms with van der Waals surface area (Å²) in [6.45, 7) is 0.528. The second-order valence-electron chi connectivity index (χ2n) is 5.94. The van der Waals surface area contributed by atoms with Crippen molar-refractivity contribution in [1.82, 2.24) is 5.43 Å². The number of carbonyl (C=O) groups excluding carboxylic acids is 1. The molecule has 1 amide bonds. The molecule has 0 saturated heterocycles. The van der Waals surface area contributed by atoms with Gasteiger partial charge in [-0.05, 0) is 53.1 Å². The highest BCUT2D eigenvalue weighted by Crippen LogP contribution is 2.13. The second kappa shape index (κ2) is 9.69. The number of amides is 1. The number of nitrogens with zero attached hydrogens (tertiary/aromatic N) is 1. The normalized spacial score (nSPS) is 10.7. The Bertz CT molecular complexity index is 892. The predicted octanol–water partition coefficient (Wildman–Crippen LogP) is 4.72. The molecule has 1 N–H and O–H groups in total. The van der Waals surface area contributed by atoms with E-state index in [-0.39, 0.29) is 12.3 Å². The van der Waals surface area contributed by atoms with E-state index >= 15 is 0 Å². The Morgan fingerprint density at radius 1 is 0.926 bits per heavy atom. The molecule has 0 radical (unpaired) electrons. The lowest BCUT2D eigenvalue weighted by molar-refractivity contribution is -0.120. The van der Waals surface area contributed by atoms with Crippen LogP contribution in [0.15, 0.2) is 88.4 Å². The van der Waals surface area contributed by atoms with Crippen molar-refractivity contribution in [3.05, 3.63) is 100 Å². The maximum atomic E-state index is 11.9. The van der Waals surface area contributed by atoms with Crippen molar-refractivity contribution in [3.63, 3.8) is 0 Å². The molecule has 27 heavy (non-hydrogen) atoms. The molecule has 3 rings (SSSR count). The van der Waals surface area contributed by atoms with Crippen LogP contribution in [0.3, 0.4) is 0 Å². The Morgan fingerprint density at radius 2 is 1.63 bits per heavy atom. The summed E-state index contributed by atoms with van der Waals surface area (Å²) in [5.74, 6) is 0.631. The maximum absolute atomic E-state index is 11.9. The summed E-state index contributed by atoms with van der Waals surface area (Å²) in [6, 6.07) is 25.2. The van der Waals surface area contributed by atoms with Gasteiger partial charge in [0.1, 0.15) is 12.4 Å². The first-order valence-electron chi connectivity index (χ1n) is 8.52. The molecule has 0 bridgehead atoms. The lowest BCUT2D eigenvalue weighted by atomic mass is 10.1. The van der Waals surface area contributed by atoms with Crippen LogP contribution in [0.5, 0.6) is 5.75 Å². The third-order valence-electron chi connectivity index (χ3n) is 3.81. The van der Waals surface area contributed by atoms with E-state index in [1.807, 2.05) is 78.9 Å². The fourth-order valence-electron chi connectivity index (χ4n) is 2.40. The molecule has 0 spiro atoms. The summed E-state index contributed by atoms with van der Waals surface area (Å²) in [5.41, 5.74) is 5.48. The fraction of sp³-hybridized carbons (Fsp3) is 0.0909. The van der Waals surface area contributed by atoms with Crippen molar-refractivity contribution in [2.24, 2.45) is 5.10 Å². The molecule has 0 atom stereocenters. The van der Waals surface area contributed by atoms with Crippen molar-refractivity contribution < 1.29 is 9.53 Å². The summed E-state index contributed by atoms with van der Waals surface area (Å²) in [6.07, 6.45) is 1.90. The third kappa shape index (κ3) is 6.38. The highest BCUT2D eigenvalue weighted by molar-refractivity contribution is 9.10. The van der Waals surface area contributed by atoms with E-state index in [1.165, 1.54) is 0 Å². The molecule has 0 aromatic heterocycles. The van der Waals surface area contributed by atoms with Gasteiger partial charge in [-0.15, -0.1) is 0 Å². The van der Waals surface area contributed by atoms with Crippen molar-refractivity contribution in [3.8, 4) is 5.75 Å². The number of hydrogen-bond donors (Lipinski definition) is 1. The van der Waals surface area contributed by atoms with Gasteiger partial charge in [0, 0.05) is 4.47 Å². The van der Waals surface area contributed by atoms with E-state index in [2.05, 4.69) is 26.5 Å². The molecule has 0 saturated carbocycles. The molecule has 0 heterocycles. The Hall–Kier alpha value is -2.92. The Balaban J connectivity index is 1.46. The Labute approximate surface area is 167 Å². The van der Waals surface area contributed by atoms with E-state index in [9.17, 15) is 4.79 Å². The van der Waals surface area contributed by atoms with Gasteiger partial charge >= 0.3 is 0 Å². The summed E-state index contributed by atoms with van der Waals surface area (Å²) in [4.78, 5) is 11.9. The van der Waals surface area contributed by atoms with Crippen LogP contribution in [0.25, 0.3) is 0 Å². The lowest BCUT2D eigenvalue weighted by Crippen LogP contribution is -2.19. The van der Waals surface area contributed by atoms with E-state index in [0.717, 1.165) is 26.9 Å². The second-order valence-corrected chi connectivity index (χ2v) is 6.86. The fourth-order valence-corrected chi connectivity index (χ4v) is 2.66. The minimum absolute atomic E-state index is 0.156. The summed E-state index contributed by atoms with van der Waals surface area (Å²) < 4.78 is 6.73. The van der Waals surface area contributed by atoms with E-state index in [0.29, 0.717) is 6.61 Å². The standard InChI is InChI=1S/C22H19BrN2O2/c23-20-10-6-17(7-11-20)14-22(26)25-24-15-18-8-12-21(13-9-18)27-16-19-4-2-1-3-5-19/h1-13,15H,14,16H2,(H,25,26)/b24-15+. The van der Waals surface area contributed by atoms with Crippen LogP contribution in [0.1, 0.15) is 16.7 Å². The van der Waals surface area contributed by atoms with Crippen molar-refractivity contribution in [1.29, 1.82) is 0 Å². The number of rotatable bonds is 7. The highest BCUT2D eigenvalue weighted by atomic mass is 79.9. The Morgan fingerprint density at radius 3 is 2.33 bits per heavy atom. The van der Waals surface area contributed by atoms with Gasteiger partial charge in [-0.3, -0.25) is 4.79 Å². The minimum atomic E-state index is -0.156. The van der Waals surface area contributed by atoms with E-state index < -0.39 is 0 Å². The minimum Gasteiger partial charge on any atom is -0.489 e. The van der Waals surface area contributed by atoms with Gasteiger partial charge in [0.2, 0.25) is 5.91 Å². The molecule has 0 aliphatic carbocycles. The van der Waals surface area contributed by atoms with Crippen LogP contribution in [-0.4, -0.2) is 12.1 Å². The summed E-state index contributed by atoms with van der Waals surface area (Å²) >= 11 is 3.37. The van der Waals surface area contributed by atoms with Crippen LogP contribution in [0, 0.1) is 0 Å². The predicted molar refractivity (Wildman–Crippen MR) is 111 cm³/mol.